The largest absolute Gasteiger partial charge is 0.478 e. The molecular formula is C21H12F2N2O4S2. The number of amides is 1. The fourth-order valence-corrected chi connectivity index (χ4v) is 4.00. The number of hydrogen-bond donors (Lipinski definition) is 2. The van der Waals surface area contributed by atoms with Crippen molar-refractivity contribution in [3.05, 3.63) is 82.5 Å². The van der Waals surface area contributed by atoms with E-state index in [9.17, 15) is 23.5 Å². The lowest BCUT2D eigenvalue weighted by Crippen LogP contribution is -2.34. The molecule has 1 fully saturated rings. The molecule has 2 N–H and O–H groups in total. The number of nitrogens with zero attached hydrogens (tertiary/aromatic N) is 1. The highest BCUT2D eigenvalue weighted by Crippen LogP contribution is 2.34. The highest BCUT2D eigenvalue weighted by atomic mass is 32.2. The van der Waals surface area contributed by atoms with Crippen molar-refractivity contribution in [3.8, 4) is 11.3 Å². The monoisotopic (exact) mass is 458 g/mol. The molecule has 0 atom stereocenters. The standard InChI is InChI=1S/C21H12F2N2O4S2/c22-11-5-7-13(15(23)9-11)17-8-6-12(29-17)10-18-19(26)25(21(30)31-18)24-16-4-2-1-3-14(16)20(27)28/h1-10,24H,(H,27,28). The molecule has 0 radical (unpaired) electrons. The Kier molecular flexibility index (Phi) is 5.57. The summed E-state index contributed by atoms with van der Waals surface area (Å²) < 4.78 is 32.8. The molecule has 2 heterocycles. The van der Waals surface area contributed by atoms with Crippen LogP contribution in [-0.2, 0) is 4.79 Å². The zero-order valence-electron chi connectivity index (χ0n) is 15.5. The molecule has 0 bridgehead atoms. The van der Waals surface area contributed by atoms with Gasteiger partial charge in [-0.3, -0.25) is 10.2 Å². The fourth-order valence-electron chi connectivity index (χ4n) is 2.85. The number of anilines is 1. The zero-order chi connectivity index (χ0) is 22.1. The Labute approximate surface area is 184 Å². The number of rotatable bonds is 5. The van der Waals surface area contributed by atoms with Crippen LogP contribution in [0.4, 0.5) is 14.5 Å². The van der Waals surface area contributed by atoms with Gasteiger partial charge in [0.15, 0.2) is 4.32 Å². The van der Waals surface area contributed by atoms with E-state index in [4.69, 9.17) is 16.6 Å². The van der Waals surface area contributed by atoms with Crippen LogP contribution in [-0.4, -0.2) is 26.3 Å². The number of halogens is 2. The van der Waals surface area contributed by atoms with Crippen LogP contribution in [0.5, 0.6) is 0 Å². The normalized spacial score (nSPS) is 15.0. The number of carbonyl (C=O) groups is 2. The molecule has 156 valence electrons. The van der Waals surface area contributed by atoms with Gasteiger partial charge in [0.2, 0.25) is 0 Å². The molecule has 0 aliphatic carbocycles. The second kappa shape index (κ2) is 8.32. The van der Waals surface area contributed by atoms with E-state index in [0.29, 0.717) is 0 Å². The third kappa shape index (κ3) is 4.21. The summed E-state index contributed by atoms with van der Waals surface area (Å²) in [6, 6.07) is 12.3. The van der Waals surface area contributed by atoms with Gasteiger partial charge in [-0.15, -0.1) is 0 Å². The Balaban J connectivity index is 1.57. The summed E-state index contributed by atoms with van der Waals surface area (Å²) in [5.41, 5.74) is 3.01. The van der Waals surface area contributed by atoms with Gasteiger partial charge in [-0.1, -0.05) is 23.9 Å². The second-order valence-corrected chi connectivity index (χ2v) is 7.98. The molecule has 10 heteroatoms. The van der Waals surface area contributed by atoms with Gasteiger partial charge < -0.3 is 9.52 Å². The quantitative estimate of drug-likeness (QED) is 0.404. The molecule has 3 aromatic rings. The molecule has 31 heavy (non-hydrogen) atoms. The van der Waals surface area contributed by atoms with Gasteiger partial charge in [-0.05, 0) is 48.6 Å². The Morgan fingerprint density at radius 3 is 2.68 bits per heavy atom. The third-order valence-corrected chi connectivity index (χ3v) is 5.58. The first kappa shape index (κ1) is 20.8. The summed E-state index contributed by atoms with van der Waals surface area (Å²) in [6.45, 7) is 0. The van der Waals surface area contributed by atoms with Crippen molar-refractivity contribution in [1.82, 2.24) is 5.01 Å². The van der Waals surface area contributed by atoms with Crippen LogP contribution < -0.4 is 5.43 Å². The number of nitrogens with one attached hydrogen (secondary N) is 1. The van der Waals surface area contributed by atoms with Gasteiger partial charge in [0.25, 0.3) is 5.91 Å². The smallest absolute Gasteiger partial charge is 0.337 e. The maximum atomic E-state index is 14.0. The SMILES string of the molecule is O=C(O)c1ccccc1NN1C(=O)C(=Cc2ccc(-c3ccc(F)cc3F)o2)SC1=S. The fraction of sp³-hybridized carbons (Fsp3) is 0. The summed E-state index contributed by atoms with van der Waals surface area (Å²) in [6.07, 6.45) is 1.44. The summed E-state index contributed by atoms with van der Waals surface area (Å²) in [7, 11) is 0. The van der Waals surface area contributed by atoms with Crippen LogP contribution in [0, 0.1) is 11.6 Å². The van der Waals surface area contributed by atoms with E-state index in [1.807, 2.05) is 0 Å². The molecule has 1 saturated heterocycles. The Morgan fingerprint density at radius 1 is 1.16 bits per heavy atom. The topological polar surface area (TPSA) is 82.8 Å². The number of carbonyl (C=O) groups excluding carboxylic acids is 1. The van der Waals surface area contributed by atoms with E-state index >= 15 is 0 Å². The number of hydrogen-bond acceptors (Lipinski definition) is 6. The van der Waals surface area contributed by atoms with Crippen LogP contribution in [0.15, 0.2) is 63.9 Å². The second-order valence-electron chi connectivity index (χ2n) is 6.31. The van der Waals surface area contributed by atoms with E-state index in [1.165, 1.54) is 36.4 Å². The molecule has 0 saturated carbocycles. The molecule has 1 aliphatic rings. The maximum absolute atomic E-state index is 14.0. The lowest BCUT2D eigenvalue weighted by molar-refractivity contribution is -0.121. The van der Waals surface area contributed by atoms with E-state index in [-0.39, 0.29) is 37.6 Å². The first-order valence-corrected chi connectivity index (χ1v) is 9.98. The minimum atomic E-state index is -1.15. The van der Waals surface area contributed by atoms with Crippen LogP contribution >= 0.6 is 24.0 Å². The zero-order valence-corrected chi connectivity index (χ0v) is 17.1. The van der Waals surface area contributed by atoms with Gasteiger partial charge in [-0.2, -0.15) is 0 Å². The van der Waals surface area contributed by atoms with Crippen LogP contribution in [0.2, 0.25) is 0 Å². The van der Waals surface area contributed by atoms with Crippen molar-refractivity contribution in [2.45, 2.75) is 0 Å². The van der Waals surface area contributed by atoms with Gasteiger partial charge in [-0.25, -0.2) is 18.6 Å². The van der Waals surface area contributed by atoms with Crippen molar-refractivity contribution in [3.63, 3.8) is 0 Å². The molecular weight excluding hydrogens is 446 g/mol. The van der Waals surface area contributed by atoms with Gasteiger partial charge in [0, 0.05) is 12.1 Å². The van der Waals surface area contributed by atoms with E-state index < -0.39 is 23.5 Å². The van der Waals surface area contributed by atoms with Crippen molar-refractivity contribution in [2.75, 3.05) is 5.43 Å². The number of para-hydroxylation sites is 1. The lowest BCUT2D eigenvalue weighted by atomic mass is 10.1. The molecule has 1 amide bonds. The molecule has 1 aromatic heterocycles. The van der Waals surface area contributed by atoms with Crippen molar-refractivity contribution < 1.29 is 27.9 Å². The molecule has 0 unspecified atom stereocenters. The molecule has 4 rings (SSSR count). The summed E-state index contributed by atoms with van der Waals surface area (Å²) >= 11 is 6.23. The number of benzene rings is 2. The minimum absolute atomic E-state index is 0.0162. The summed E-state index contributed by atoms with van der Waals surface area (Å²) in [5.74, 6) is -2.68. The third-order valence-electron chi connectivity index (χ3n) is 4.28. The number of thioether (sulfide) groups is 1. The van der Waals surface area contributed by atoms with Crippen molar-refractivity contribution >= 4 is 51.9 Å². The first-order valence-electron chi connectivity index (χ1n) is 8.75. The predicted molar refractivity (Wildman–Crippen MR) is 116 cm³/mol. The van der Waals surface area contributed by atoms with Crippen molar-refractivity contribution in [1.29, 1.82) is 0 Å². The van der Waals surface area contributed by atoms with Crippen LogP contribution in [0.1, 0.15) is 16.1 Å². The number of aromatic carboxylic acids is 1. The number of carboxylic acid groups (broad SMARTS) is 1. The highest BCUT2D eigenvalue weighted by molar-refractivity contribution is 8.26. The number of hydrazine groups is 1. The van der Waals surface area contributed by atoms with Crippen LogP contribution in [0.3, 0.4) is 0 Å². The Morgan fingerprint density at radius 2 is 1.94 bits per heavy atom. The molecule has 0 spiro atoms. The van der Waals surface area contributed by atoms with E-state index in [0.717, 1.165) is 28.9 Å². The average Bonchev–Trinajstić information content (AvgIpc) is 3.28. The average molecular weight is 458 g/mol. The van der Waals surface area contributed by atoms with Gasteiger partial charge in [0.1, 0.15) is 23.2 Å². The number of furan rings is 1. The van der Waals surface area contributed by atoms with Gasteiger partial charge in [0.05, 0.1) is 21.7 Å². The highest BCUT2D eigenvalue weighted by Gasteiger charge is 2.33. The maximum Gasteiger partial charge on any atom is 0.337 e. The number of thiocarbonyl (C=S) groups is 1. The van der Waals surface area contributed by atoms with Crippen molar-refractivity contribution in [2.24, 2.45) is 0 Å². The summed E-state index contributed by atoms with van der Waals surface area (Å²) in [4.78, 5) is 24.4. The molecule has 2 aromatic carbocycles. The predicted octanol–water partition coefficient (Wildman–Crippen LogP) is 5.15. The lowest BCUT2D eigenvalue weighted by Gasteiger charge is -2.18. The van der Waals surface area contributed by atoms with Crippen LogP contribution in [0.25, 0.3) is 17.4 Å². The Bertz CT molecular complexity index is 1260. The Hall–Kier alpha value is -3.50. The number of carboxylic acids is 1. The molecule has 1 aliphatic heterocycles. The first-order chi connectivity index (χ1) is 14.8. The van der Waals surface area contributed by atoms with E-state index in [1.54, 1.807) is 12.1 Å². The minimum Gasteiger partial charge on any atom is -0.478 e. The van der Waals surface area contributed by atoms with E-state index in [2.05, 4.69) is 5.43 Å². The van der Waals surface area contributed by atoms with Gasteiger partial charge >= 0.3 is 5.97 Å². The summed E-state index contributed by atoms with van der Waals surface area (Å²) in [5, 5.41) is 10.4. The molecule has 6 nitrogen and oxygen atoms in total.